The number of benzene rings is 3. The van der Waals surface area contributed by atoms with Crippen molar-refractivity contribution < 1.29 is 19.0 Å². The Bertz CT molecular complexity index is 1340. The first kappa shape index (κ1) is 25.2. The van der Waals surface area contributed by atoms with Crippen LogP contribution in [0.3, 0.4) is 0 Å². The lowest BCUT2D eigenvalue weighted by molar-refractivity contribution is 0.157. The Morgan fingerprint density at radius 3 is 2.08 bits per heavy atom. The number of hydrogen-bond donors (Lipinski definition) is 0. The molecular weight excluding hydrogens is 452 g/mol. The van der Waals surface area contributed by atoms with Crippen LogP contribution in [0.5, 0.6) is 17.2 Å². The highest BCUT2D eigenvalue weighted by Crippen LogP contribution is 2.39. The van der Waals surface area contributed by atoms with Crippen molar-refractivity contribution in [2.24, 2.45) is 0 Å². The summed E-state index contributed by atoms with van der Waals surface area (Å²) < 4.78 is 19.1. The lowest BCUT2D eigenvalue weighted by atomic mass is 9.97. The maximum Gasteiger partial charge on any atom is 0.415 e. The van der Waals surface area contributed by atoms with Crippen LogP contribution in [-0.4, -0.2) is 42.9 Å². The lowest BCUT2D eigenvalue weighted by Gasteiger charge is -2.20. The Hall–Kier alpha value is -3.93. The largest absolute Gasteiger partial charge is 0.497 e. The zero-order valence-corrected chi connectivity index (χ0v) is 21.9. The Morgan fingerprint density at radius 2 is 1.50 bits per heavy atom. The lowest BCUT2D eigenvalue weighted by Crippen LogP contribution is -2.33. The molecule has 1 aromatic heterocycles. The number of carbonyl (C=O) groups is 1. The maximum atomic E-state index is 12.9. The van der Waals surface area contributed by atoms with Gasteiger partial charge in [-0.3, -0.25) is 0 Å². The average molecular weight is 487 g/mol. The van der Waals surface area contributed by atoms with E-state index < -0.39 is 0 Å². The molecule has 0 saturated heterocycles. The zero-order valence-electron chi connectivity index (χ0n) is 21.9. The molecule has 0 aliphatic heterocycles. The van der Waals surface area contributed by atoms with E-state index in [0.29, 0.717) is 25.4 Å². The van der Waals surface area contributed by atoms with Gasteiger partial charge in [0.2, 0.25) is 0 Å². The highest BCUT2D eigenvalue weighted by atomic mass is 16.6. The molecule has 0 radical (unpaired) electrons. The van der Waals surface area contributed by atoms with Gasteiger partial charge in [0, 0.05) is 48.4 Å². The van der Waals surface area contributed by atoms with Crippen molar-refractivity contribution in [3.05, 3.63) is 77.5 Å². The summed E-state index contributed by atoms with van der Waals surface area (Å²) in [5.41, 5.74) is 6.38. The Morgan fingerprint density at radius 1 is 0.861 bits per heavy atom. The molecule has 0 bridgehead atoms. The molecule has 0 spiro atoms. The Kier molecular flexibility index (Phi) is 7.53. The van der Waals surface area contributed by atoms with Gasteiger partial charge in [-0.1, -0.05) is 29.3 Å². The quantitative estimate of drug-likeness (QED) is 0.274. The van der Waals surface area contributed by atoms with Crippen LogP contribution in [0.2, 0.25) is 0 Å². The maximum absolute atomic E-state index is 12.9. The number of rotatable bonds is 8. The summed E-state index contributed by atoms with van der Waals surface area (Å²) in [5, 5.41) is 1.03. The fourth-order valence-electron chi connectivity index (χ4n) is 4.69. The molecule has 0 aliphatic carbocycles. The number of amides is 1. The van der Waals surface area contributed by atoms with E-state index in [1.165, 1.54) is 0 Å². The second-order valence-electron chi connectivity index (χ2n) is 8.95. The van der Waals surface area contributed by atoms with E-state index in [1.807, 2.05) is 44.2 Å². The first-order valence-electron chi connectivity index (χ1n) is 12.3. The van der Waals surface area contributed by atoms with E-state index in [2.05, 4.69) is 48.9 Å². The monoisotopic (exact) mass is 486 g/mol. The molecule has 0 N–H and O–H groups in total. The number of hydrogen-bond acceptors (Lipinski definition) is 4. The van der Waals surface area contributed by atoms with Gasteiger partial charge in [-0.25, -0.2) is 4.79 Å². The zero-order chi connectivity index (χ0) is 25.8. The highest BCUT2D eigenvalue weighted by molar-refractivity contribution is 6.00. The first-order valence-corrected chi connectivity index (χ1v) is 12.3. The summed E-state index contributed by atoms with van der Waals surface area (Å²) in [6, 6.07) is 18.3. The molecule has 36 heavy (non-hydrogen) atoms. The van der Waals surface area contributed by atoms with Crippen LogP contribution in [0, 0.1) is 13.8 Å². The van der Waals surface area contributed by atoms with Crippen molar-refractivity contribution >= 4 is 17.0 Å². The van der Waals surface area contributed by atoms with Gasteiger partial charge in [-0.15, -0.1) is 0 Å². The second-order valence-corrected chi connectivity index (χ2v) is 8.95. The molecule has 0 saturated carbocycles. The Labute approximate surface area is 213 Å². The molecule has 0 aliphatic rings. The smallest absolute Gasteiger partial charge is 0.415 e. The predicted octanol–water partition coefficient (Wildman–Crippen LogP) is 6.83. The van der Waals surface area contributed by atoms with Gasteiger partial charge in [0.05, 0.1) is 14.2 Å². The number of aryl methyl sites for hydroxylation is 2. The number of nitrogens with zero attached hydrogens (tertiary/aromatic N) is 2. The van der Waals surface area contributed by atoms with Gasteiger partial charge in [0.25, 0.3) is 0 Å². The van der Waals surface area contributed by atoms with Crippen molar-refractivity contribution in [1.82, 2.24) is 9.47 Å². The van der Waals surface area contributed by atoms with Gasteiger partial charge in [-0.2, -0.15) is 0 Å². The summed E-state index contributed by atoms with van der Waals surface area (Å²) in [6.07, 6.45) is 1.73. The van der Waals surface area contributed by atoms with Crippen LogP contribution in [0.1, 0.15) is 30.5 Å². The van der Waals surface area contributed by atoms with Crippen molar-refractivity contribution in [2.75, 3.05) is 27.3 Å². The van der Waals surface area contributed by atoms with Gasteiger partial charge in [0.15, 0.2) is 0 Å². The molecule has 4 aromatic rings. The molecule has 188 valence electrons. The summed E-state index contributed by atoms with van der Waals surface area (Å²) in [4.78, 5) is 14.5. The first-order chi connectivity index (χ1) is 17.4. The van der Waals surface area contributed by atoms with Crippen LogP contribution in [0.15, 0.2) is 60.8 Å². The van der Waals surface area contributed by atoms with Crippen LogP contribution in [0.4, 0.5) is 4.79 Å². The summed E-state index contributed by atoms with van der Waals surface area (Å²) in [6.45, 7) is 9.90. The highest BCUT2D eigenvalue weighted by Gasteiger charge is 2.19. The third-order valence-electron chi connectivity index (χ3n) is 6.41. The van der Waals surface area contributed by atoms with Crippen LogP contribution >= 0.6 is 0 Å². The SMILES string of the molecule is CCN(CC)C(=O)Oc1ccc2c(ccn2Cc2cc(OC)cc(OC)c2)c1-c1cc(C)cc(C)c1. The number of aromatic nitrogens is 1. The van der Waals surface area contributed by atoms with E-state index in [4.69, 9.17) is 14.2 Å². The van der Waals surface area contributed by atoms with E-state index in [9.17, 15) is 4.79 Å². The summed E-state index contributed by atoms with van der Waals surface area (Å²) >= 11 is 0. The third kappa shape index (κ3) is 5.18. The number of ether oxygens (including phenoxy) is 3. The van der Waals surface area contributed by atoms with Crippen molar-refractivity contribution in [3.8, 4) is 28.4 Å². The summed E-state index contributed by atoms with van der Waals surface area (Å²) in [7, 11) is 3.31. The van der Waals surface area contributed by atoms with E-state index in [0.717, 1.165) is 50.2 Å². The third-order valence-corrected chi connectivity index (χ3v) is 6.41. The van der Waals surface area contributed by atoms with Crippen molar-refractivity contribution in [1.29, 1.82) is 0 Å². The van der Waals surface area contributed by atoms with E-state index >= 15 is 0 Å². The normalized spacial score (nSPS) is 10.9. The fourth-order valence-corrected chi connectivity index (χ4v) is 4.69. The molecule has 6 nitrogen and oxygen atoms in total. The van der Waals surface area contributed by atoms with Gasteiger partial charge in [-0.05, 0) is 69.2 Å². The molecule has 1 heterocycles. The minimum absolute atomic E-state index is 0.340. The minimum atomic E-state index is -0.340. The van der Waals surface area contributed by atoms with E-state index in [1.54, 1.807) is 19.1 Å². The molecular formula is C30H34N2O4. The van der Waals surface area contributed by atoms with Crippen LogP contribution < -0.4 is 14.2 Å². The fraction of sp³-hybridized carbons (Fsp3) is 0.300. The molecule has 0 unspecified atom stereocenters. The van der Waals surface area contributed by atoms with Crippen molar-refractivity contribution in [3.63, 3.8) is 0 Å². The molecule has 1 amide bonds. The average Bonchev–Trinajstić information content (AvgIpc) is 3.26. The molecule has 3 aromatic carbocycles. The van der Waals surface area contributed by atoms with Crippen LogP contribution in [-0.2, 0) is 6.54 Å². The summed E-state index contributed by atoms with van der Waals surface area (Å²) in [5.74, 6) is 2.06. The topological polar surface area (TPSA) is 52.9 Å². The predicted molar refractivity (Wildman–Crippen MR) is 144 cm³/mol. The standard InChI is InChI=1S/C30H34N2O4/c1-7-31(8-2)30(33)36-28-10-9-27-26(29(28)23-14-20(3)13-21(4)15-23)11-12-32(27)19-22-16-24(34-5)18-25(17-22)35-6/h9-18H,7-8,19H2,1-6H3. The molecule has 6 heteroatoms. The van der Waals surface area contributed by atoms with E-state index in [-0.39, 0.29) is 6.09 Å². The molecule has 4 rings (SSSR count). The number of methoxy groups -OCH3 is 2. The van der Waals surface area contributed by atoms with Gasteiger partial charge < -0.3 is 23.7 Å². The molecule has 0 atom stereocenters. The second kappa shape index (κ2) is 10.8. The molecule has 0 fully saturated rings. The van der Waals surface area contributed by atoms with Gasteiger partial charge >= 0.3 is 6.09 Å². The van der Waals surface area contributed by atoms with Crippen LogP contribution in [0.25, 0.3) is 22.0 Å². The minimum Gasteiger partial charge on any atom is -0.497 e. The van der Waals surface area contributed by atoms with Crippen molar-refractivity contribution in [2.45, 2.75) is 34.2 Å². The van der Waals surface area contributed by atoms with Gasteiger partial charge in [0.1, 0.15) is 17.2 Å². The Balaban J connectivity index is 1.83. The number of fused-ring (bicyclic) bond motifs is 1. The number of carbonyl (C=O) groups excluding carboxylic acids is 1.